The molecule has 0 bridgehead atoms. The molecule has 0 radical (unpaired) electrons. The van der Waals surface area contributed by atoms with E-state index in [4.69, 9.17) is 4.74 Å². The first kappa shape index (κ1) is 16.9. The van der Waals surface area contributed by atoms with Crippen LogP contribution in [0.2, 0.25) is 0 Å². The summed E-state index contributed by atoms with van der Waals surface area (Å²) >= 11 is 1.58. The molecule has 7 heteroatoms. The van der Waals surface area contributed by atoms with Gasteiger partial charge in [-0.25, -0.2) is 0 Å². The number of hydrogen-bond acceptors (Lipinski definition) is 5. The molecular formula is C17H20N2O4S. The highest BCUT2D eigenvalue weighted by Gasteiger charge is 2.33. The number of thioether (sulfide) groups is 1. The van der Waals surface area contributed by atoms with Crippen molar-refractivity contribution in [3.8, 4) is 0 Å². The largest absolute Gasteiger partial charge is 0.480 e. The summed E-state index contributed by atoms with van der Waals surface area (Å²) in [6.07, 6.45) is 0. The minimum absolute atomic E-state index is 0.0977. The van der Waals surface area contributed by atoms with Gasteiger partial charge in [-0.3, -0.25) is 14.9 Å². The Morgan fingerprint density at radius 3 is 2.83 bits per heavy atom. The Kier molecular flexibility index (Phi) is 4.82. The van der Waals surface area contributed by atoms with Crippen molar-refractivity contribution in [3.63, 3.8) is 0 Å². The van der Waals surface area contributed by atoms with Gasteiger partial charge in [0.2, 0.25) is 0 Å². The zero-order valence-electron chi connectivity index (χ0n) is 13.6. The molecule has 2 atom stereocenters. The quantitative estimate of drug-likeness (QED) is 0.807. The molecule has 2 aromatic rings. The SMILES string of the molecule is CCOC(=O)Cn1c(C)c([C@@H]2N[C@H](C(=O)O)CS2)c2ccccc21. The Morgan fingerprint density at radius 1 is 1.42 bits per heavy atom. The van der Waals surface area contributed by atoms with E-state index in [1.807, 2.05) is 35.8 Å². The van der Waals surface area contributed by atoms with Crippen molar-refractivity contribution in [2.45, 2.75) is 31.8 Å². The Hall–Kier alpha value is -1.99. The van der Waals surface area contributed by atoms with Gasteiger partial charge in [-0.1, -0.05) is 18.2 Å². The van der Waals surface area contributed by atoms with Crippen molar-refractivity contribution in [1.29, 1.82) is 0 Å². The van der Waals surface area contributed by atoms with Gasteiger partial charge >= 0.3 is 11.9 Å². The molecule has 1 aliphatic rings. The molecule has 1 fully saturated rings. The first-order valence-electron chi connectivity index (χ1n) is 7.86. The van der Waals surface area contributed by atoms with Gasteiger partial charge in [-0.05, 0) is 19.9 Å². The molecule has 128 valence electrons. The van der Waals surface area contributed by atoms with E-state index >= 15 is 0 Å². The maximum atomic E-state index is 11.9. The first-order valence-corrected chi connectivity index (χ1v) is 8.91. The second-order valence-electron chi connectivity index (χ2n) is 5.68. The number of hydrogen-bond donors (Lipinski definition) is 2. The number of carboxylic acids is 1. The maximum absolute atomic E-state index is 11.9. The van der Waals surface area contributed by atoms with Crippen LogP contribution in [0.25, 0.3) is 10.9 Å². The lowest BCUT2D eigenvalue weighted by molar-refractivity contribution is -0.143. The van der Waals surface area contributed by atoms with Crippen molar-refractivity contribution < 1.29 is 19.4 Å². The van der Waals surface area contributed by atoms with Crippen molar-refractivity contribution >= 4 is 34.6 Å². The molecule has 1 aromatic carbocycles. The number of nitrogens with one attached hydrogen (secondary N) is 1. The molecule has 0 amide bonds. The Balaban J connectivity index is 2.01. The van der Waals surface area contributed by atoms with Crippen molar-refractivity contribution in [3.05, 3.63) is 35.5 Å². The second-order valence-corrected chi connectivity index (χ2v) is 6.82. The predicted molar refractivity (Wildman–Crippen MR) is 93.1 cm³/mol. The lowest BCUT2D eigenvalue weighted by Crippen LogP contribution is -2.33. The summed E-state index contributed by atoms with van der Waals surface area (Å²) in [5.74, 6) is -0.585. The van der Waals surface area contributed by atoms with Gasteiger partial charge in [-0.2, -0.15) is 0 Å². The average Bonchev–Trinajstić information content (AvgIpc) is 3.12. The maximum Gasteiger partial charge on any atom is 0.325 e. The van der Waals surface area contributed by atoms with Gasteiger partial charge in [0.25, 0.3) is 0 Å². The molecule has 0 spiro atoms. The van der Waals surface area contributed by atoms with Gasteiger partial charge < -0.3 is 14.4 Å². The van der Waals surface area contributed by atoms with E-state index in [1.54, 1.807) is 18.7 Å². The molecule has 0 aliphatic carbocycles. The van der Waals surface area contributed by atoms with E-state index in [0.29, 0.717) is 12.4 Å². The van der Waals surface area contributed by atoms with Gasteiger partial charge in [0, 0.05) is 27.9 Å². The highest BCUT2D eigenvalue weighted by Crippen LogP contribution is 2.40. The Bertz CT molecular complexity index is 786. The van der Waals surface area contributed by atoms with E-state index in [9.17, 15) is 14.7 Å². The smallest absolute Gasteiger partial charge is 0.325 e. The fourth-order valence-corrected chi connectivity index (χ4v) is 4.46. The van der Waals surface area contributed by atoms with Crippen LogP contribution >= 0.6 is 11.8 Å². The molecule has 1 saturated heterocycles. The molecular weight excluding hydrogens is 328 g/mol. The van der Waals surface area contributed by atoms with E-state index in [1.165, 1.54) is 0 Å². The number of carboxylic acid groups (broad SMARTS) is 1. The van der Waals surface area contributed by atoms with Crippen molar-refractivity contribution in [2.24, 2.45) is 0 Å². The molecule has 0 saturated carbocycles. The summed E-state index contributed by atoms with van der Waals surface area (Å²) in [6.45, 7) is 4.25. The molecule has 2 heterocycles. The number of fused-ring (bicyclic) bond motifs is 1. The van der Waals surface area contributed by atoms with Gasteiger partial charge in [0.05, 0.1) is 12.0 Å². The van der Waals surface area contributed by atoms with Crippen molar-refractivity contribution in [1.82, 2.24) is 9.88 Å². The summed E-state index contributed by atoms with van der Waals surface area (Å²) in [7, 11) is 0. The minimum Gasteiger partial charge on any atom is -0.480 e. The fourth-order valence-electron chi connectivity index (χ4n) is 3.11. The predicted octanol–water partition coefficient (Wildman–Crippen LogP) is 2.30. The zero-order valence-corrected chi connectivity index (χ0v) is 14.4. The number of benzene rings is 1. The number of carbonyl (C=O) groups excluding carboxylic acids is 1. The molecule has 1 aliphatic heterocycles. The topological polar surface area (TPSA) is 80.6 Å². The van der Waals surface area contributed by atoms with Crippen LogP contribution in [0.1, 0.15) is 23.6 Å². The number of aromatic nitrogens is 1. The van der Waals surface area contributed by atoms with E-state index in [2.05, 4.69) is 5.32 Å². The van der Waals surface area contributed by atoms with Crippen LogP contribution in [0.5, 0.6) is 0 Å². The number of rotatable bonds is 5. The third-order valence-corrected chi connectivity index (χ3v) is 5.45. The summed E-state index contributed by atoms with van der Waals surface area (Å²) in [4.78, 5) is 23.1. The van der Waals surface area contributed by atoms with E-state index in [0.717, 1.165) is 22.2 Å². The number of para-hydroxylation sites is 1. The zero-order chi connectivity index (χ0) is 17.3. The highest BCUT2D eigenvalue weighted by atomic mass is 32.2. The molecule has 3 rings (SSSR count). The second kappa shape index (κ2) is 6.86. The van der Waals surface area contributed by atoms with E-state index < -0.39 is 12.0 Å². The third-order valence-electron chi connectivity index (χ3n) is 4.21. The molecule has 6 nitrogen and oxygen atoms in total. The van der Waals surface area contributed by atoms with E-state index in [-0.39, 0.29) is 17.9 Å². The molecule has 2 N–H and O–H groups in total. The lowest BCUT2D eigenvalue weighted by Gasteiger charge is -2.13. The monoisotopic (exact) mass is 348 g/mol. The number of aliphatic carboxylic acids is 1. The number of nitrogens with zero attached hydrogens (tertiary/aromatic N) is 1. The number of carbonyl (C=O) groups is 2. The lowest BCUT2D eigenvalue weighted by atomic mass is 10.1. The summed E-state index contributed by atoms with van der Waals surface area (Å²) in [5, 5.41) is 13.3. The number of esters is 1. The van der Waals surface area contributed by atoms with Gasteiger partial charge in [0.15, 0.2) is 0 Å². The number of ether oxygens (including phenoxy) is 1. The molecule has 1 aromatic heterocycles. The van der Waals surface area contributed by atoms with Crippen LogP contribution in [0.3, 0.4) is 0 Å². The standard InChI is InChI=1S/C17H20N2O4S/c1-3-23-14(20)8-19-10(2)15(11-6-4-5-7-13(11)19)16-18-12(9-24-16)17(21)22/h4-7,12,16,18H,3,8-9H2,1-2H3,(H,21,22)/t12-,16+/m0/s1. The minimum atomic E-state index is -0.835. The highest BCUT2D eigenvalue weighted by molar-refractivity contribution is 7.99. The summed E-state index contributed by atoms with van der Waals surface area (Å²) < 4.78 is 7.02. The van der Waals surface area contributed by atoms with Crippen LogP contribution in [0, 0.1) is 6.92 Å². The van der Waals surface area contributed by atoms with Crippen molar-refractivity contribution in [2.75, 3.05) is 12.4 Å². The fraction of sp³-hybridized carbons (Fsp3) is 0.412. The van der Waals surface area contributed by atoms with Crippen LogP contribution in [0.15, 0.2) is 24.3 Å². The van der Waals surface area contributed by atoms with Crippen LogP contribution in [-0.4, -0.2) is 40.0 Å². The van der Waals surface area contributed by atoms with Crippen LogP contribution in [-0.2, 0) is 20.9 Å². The van der Waals surface area contributed by atoms with Gasteiger partial charge in [0.1, 0.15) is 12.6 Å². The summed E-state index contributed by atoms with van der Waals surface area (Å²) in [6, 6.07) is 7.32. The normalized spacial score (nSPS) is 20.4. The molecule has 0 unspecified atom stereocenters. The first-order chi connectivity index (χ1) is 11.5. The van der Waals surface area contributed by atoms with Crippen LogP contribution < -0.4 is 5.32 Å². The average molecular weight is 348 g/mol. The summed E-state index contributed by atoms with van der Waals surface area (Å²) in [5.41, 5.74) is 2.96. The third kappa shape index (κ3) is 3.01. The van der Waals surface area contributed by atoms with Gasteiger partial charge in [-0.15, -0.1) is 11.8 Å². The van der Waals surface area contributed by atoms with Crippen LogP contribution in [0.4, 0.5) is 0 Å². The Morgan fingerprint density at radius 2 is 2.17 bits per heavy atom. The Labute approximate surface area is 144 Å². The molecule has 24 heavy (non-hydrogen) atoms.